The van der Waals surface area contributed by atoms with Crippen molar-refractivity contribution in [3.8, 4) is 0 Å². The van der Waals surface area contributed by atoms with Gasteiger partial charge in [0.15, 0.2) is 0 Å². The quantitative estimate of drug-likeness (QED) is 0.126. The number of hydrogen-bond donors (Lipinski definition) is 1. The van der Waals surface area contributed by atoms with E-state index in [0.717, 1.165) is 6.54 Å². The van der Waals surface area contributed by atoms with Crippen LogP contribution in [0.4, 0.5) is 0 Å². The van der Waals surface area contributed by atoms with Gasteiger partial charge in [-0.25, -0.2) is 5.26 Å². The normalized spacial score (nSPS) is 12.2. The number of rotatable bonds is 6. The highest BCUT2D eigenvalue weighted by molar-refractivity contribution is 14.1. The van der Waals surface area contributed by atoms with Gasteiger partial charge in [0.05, 0.1) is 9.32 Å². The van der Waals surface area contributed by atoms with E-state index in [1.165, 1.54) is 25.9 Å². The third-order valence-corrected chi connectivity index (χ3v) is 10.8. The minimum absolute atomic E-state index is 0.169. The molecular formula is C12H13I3NO4S2+. The molecule has 1 aromatic heterocycles. The van der Waals surface area contributed by atoms with Crippen LogP contribution >= 0.6 is 79.1 Å². The summed E-state index contributed by atoms with van der Waals surface area (Å²) in [6.45, 7) is 2.83. The van der Waals surface area contributed by atoms with Crippen LogP contribution in [0.15, 0.2) is 6.07 Å². The Hall–Kier alpha value is 1.17. The topological polar surface area (TPSA) is 67.5 Å². The van der Waals surface area contributed by atoms with E-state index >= 15 is 0 Å². The van der Waals surface area contributed by atoms with Crippen LogP contribution in [-0.4, -0.2) is 19.4 Å². The van der Waals surface area contributed by atoms with Crippen LogP contribution in [0.3, 0.4) is 0 Å². The number of halogens is 3. The van der Waals surface area contributed by atoms with Gasteiger partial charge in [-0.15, -0.1) is 4.33 Å². The molecule has 0 spiro atoms. The molecule has 0 aliphatic carbocycles. The van der Waals surface area contributed by atoms with Crippen molar-refractivity contribution in [1.82, 2.24) is 0 Å². The Balaban J connectivity index is 2.20. The molecule has 1 aromatic carbocycles. The maximum Gasteiger partial charge on any atom is 0.293 e. The summed E-state index contributed by atoms with van der Waals surface area (Å²) in [7, 11) is -3.79. The highest BCUT2D eigenvalue weighted by Crippen LogP contribution is 2.32. The van der Waals surface area contributed by atoms with Crippen molar-refractivity contribution in [2.45, 2.75) is 26.3 Å². The van der Waals surface area contributed by atoms with Crippen LogP contribution in [-0.2, 0) is 21.0 Å². The van der Waals surface area contributed by atoms with Crippen LogP contribution in [0.25, 0.3) is 10.2 Å². The minimum Gasteiger partial charge on any atom is -0.235 e. The number of hydrogen-bond acceptors (Lipinski definition) is 5. The number of aromatic nitrogens is 1. The molecule has 0 amide bonds. The predicted molar refractivity (Wildman–Crippen MR) is 112 cm³/mol. The minimum atomic E-state index is -3.79. The maximum atomic E-state index is 11.1. The van der Waals surface area contributed by atoms with E-state index in [1.807, 2.05) is 0 Å². The summed E-state index contributed by atoms with van der Waals surface area (Å²) in [4.78, 5) is 0. The third-order valence-electron chi connectivity index (χ3n) is 3.16. The zero-order valence-electron chi connectivity index (χ0n) is 11.5. The second-order valence-electron chi connectivity index (χ2n) is 4.65. The smallest absolute Gasteiger partial charge is 0.235 e. The maximum absolute atomic E-state index is 11.1. The predicted octanol–water partition coefficient (Wildman–Crippen LogP) is 3.91. The van der Waals surface area contributed by atoms with E-state index in [0.29, 0.717) is 12.8 Å². The van der Waals surface area contributed by atoms with Gasteiger partial charge in [0.25, 0.3) is 10.1 Å². The molecule has 1 heterocycles. The van der Waals surface area contributed by atoms with Gasteiger partial charge in [0, 0.05) is 26.6 Å². The van der Waals surface area contributed by atoms with Crippen LogP contribution in [0.5, 0.6) is 0 Å². The Kier molecular flexibility index (Phi) is 7.12. The van der Waals surface area contributed by atoms with Crippen molar-refractivity contribution in [2.24, 2.45) is 0 Å². The first-order valence-corrected chi connectivity index (χ1v) is 11.9. The lowest BCUT2D eigenvalue weighted by atomic mass is 10.3. The van der Waals surface area contributed by atoms with Gasteiger partial charge >= 0.3 is 0 Å². The molecule has 0 bridgehead atoms. The van der Waals surface area contributed by atoms with E-state index in [-0.39, 0.29) is 5.75 Å². The average molecular weight is 680 g/mol. The summed E-state index contributed by atoms with van der Waals surface area (Å²) in [5.74, 6) is -0.169. The van der Waals surface area contributed by atoms with Gasteiger partial charge < -0.3 is 0 Å². The summed E-state index contributed by atoms with van der Waals surface area (Å²) in [6.07, 6.45) is 1.16. The van der Waals surface area contributed by atoms with E-state index in [9.17, 15) is 8.42 Å². The lowest BCUT2D eigenvalue weighted by Gasteiger charge is -2.01. The Morgan fingerprint density at radius 2 is 1.95 bits per heavy atom. The largest absolute Gasteiger partial charge is 0.293 e. The second-order valence-corrected chi connectivity index (χ2v) is 10.8. The standard InChI is InChI=1S/C12H12I3NO4S2/c1-7-16(4-2-3-5-22(18,19)20-17)9-6-8(13)10(14)11(15)12(9)21-7/h6H,2-5H2,1H3/p+1. The van der Waals surface area contributed by atoms with Crippen LogP contribution in [0.1, 0.15) is 17.8 Å². The summed E-state index contributed by atoms with van der Waals surface area (Å²) in [5.41, 5.74) is 1.19. The Morgan fingerprint density at radius 1 is 1.27 bits per heavy atom. The monoisotopic (exact) mass is 680 g/mol. The summed E-state index contributed by atoms with van der Waals surface area (Å²) in [5, 5.41) is 9.46. The third kappa shape index (κ3) is 4.41. The van der Waals surface area contributed by atoms with Crippen molar-refractivity contribution in [3.63, 3.8) is 0 Å². The van der Waals surface area contributed by atoms with E-state index in [2.05, 4.69) is 89.7 Å². The fourth-order valence-corrected chi connectivity index (χ4v) is 6.38. The molecule has 0 unspecified atom stereocenters. The first-order chi connectivity index (χ1) is 10.3. The molecule has 10 heteroatoms. The van der Waals surface area contributed by atoms with Crippen molar-refractivity contribution in [2.75, 3.05) is 5.75 Å². The molecule has 0 fully saturated rings. The van der Waals surface area contributed by atoms with E-state index in [4.69, 9.17) is 5.26 Å². The fraction of sp³-hybridized carbons (Fsp3) is 0.417. The molecule has 2 aromatic rings. The molecule has 1 N–H and O–H groups in total. The van der Waals surface area contributed by atoms with Crippen molar-refractivity contribution in [3.05, 3.63) is 21.8 Å². The first-order valence-electron chi connectivity index (χ1n) is 6.29. The molecule has 0 aliphatic heterocycles. The van der Waals surface area contributed by atoms with Gasteiger partial charge in [0.2, 0.25) is 10.5 Å². The van der Waals surface area contributed by atoms with Gasteiger partial charge in [-0.2, -0.15) is 13.0 Å². The Labute approximate surface area is 173 Å². The second kappa shape index (κ2) is 8.03. The van der Waals surface area contributed by atoms with Gasteiger partial charge in [-0.3, -0.25) is 0 Å². The number of nitrogens with zero attached hydrogens (tertiary/aromatic N) is 1. The number of thiazole rings is 1. The van der Waals surface area contributed by atoms with Crippen molar-refractivity contribution < 1.29 is 22.6 Å². The Bertz CT molecular complexity index is 805. The molecule has 0 radical (unpaired) electrons. The Morgan fingerprint density at radius 3 is 2.59 bits per heavy atom. The van der Waals surface area contributed by atoms with E-state index < -0.39 is 10.1 Å². The van der Waals surface area contributed by atoms with Gasteiger partial charge in [-0.05, 0) is 74.2 Å². The molecule has 22 heavy (non-hydrogen) atoms. The lowest BCUT2D eigenvalue weighted by molar-refractivity contribution is -0.673. The molecule has 0 saturated heterocycles. The van der Waals surface area contributed by atoms with E-state index in [1.54, 1.807) is 11.3 Å². The summed E-state index contributed by atoms with van der Waals surface area (Å²) in [6, 6.07) is 2.18. The molecule has 2 rings (SSSR count). The number of aryl methyl sites for hydroxylation is 2. The first kappa shape index (κ1) is 19.5. The van der Waals surface area contributed by atoms with Crippen LogP contribution < -0.4 is 4.57 Å². The fourth-order valence-electron chi connectivity index (χ4n) is 2.10. The summed E-state index contributed by atoms with van der Waals surface area (Å²) < 4.78 is 32.9. The highest BCUT2D eigenvalue weighted by Gasteiger charge is 2.22. The average Bonchev–Trinajstić information content (AvgIpc) is 2.78. The van der Waals surface area contributed by atoms with Crippen LogP contribution in [0, 0.1) is 17.6 Å². The van der Waals surface area contributed by atoms with Gasteiger partial charge in [0.1, 0.15) is 11.2 Å². The van der Waals surface area contributed by atoms with Crippen molar-refractivity contribution >= 4 is 99.4 Å². The number of benzene rings is 1. The summed E-state index contributed by atoms with van der Waals surface area (Å²) >= 11 is 8.84. The molecule has 0 saturated carbocycles. The van der Waals surface area contributed by atoms with Crippen LogP contribution in [0.2, 0.25) is 0 Å². The molecule has 5 nitrogen and oxygen atoms in total. The molecule has 0 aliphatic rings. The SMILES string of the molecule is Cc1sc2c(I)c(I)c(I)cc2[n+]1CCCCS(=O)(=O)OO. The molecular weight excluding hydrogens is 667 g/mol. The number of unbranched alkanes of at least 4 members (excludes halogenated alkanes) is 1. The van der Waals surface area contributed by atoms with Gasteiger partial charge in [-0.1, -0.05) is 11.3 Å². The van der Waals surface area contributed by atoms with Crippen molar-refractivity contribution in [1.29, 1.82) is 0 Å². The molecule has 122 valence electrons. The molecule has 0 atom stereocenters. The highest BCUT2D eigenvalue weighted by atomic mass is 127. The number of fused-ring (bicyclic) bond motifs is 1. The lowest BCUT2D eigenvalue weighted by Crippen LogP contribution is -2.35. The zero-order chi connectivity index (χ0) is 16.5. The zero-order valence-corrected chi connectivity index (χ0v) is 19.6.